The first-order valence-corrected chi connectivity index (χ1v) is 5.41. The number of benzene rings is 1. The maximum Gasteiger partial charge on any atom is 0.261 e. The summed E-state index contributed by atoms with van der Waals surface area (Å²) in [5, 5.41) is 11.1. The number of hydrogen-bond donors (Lipinski definition) is 2. The number of hydrogen-bond acceptors (Lipinski definition) is 4. The Hall–Kier alpha value is -2.21. The number of aliphatic hydroxyl groups is 1. The number of rotatable bonds is 3. The van der Waals surface area contributed by atoms with Gasteiger partial charge in [-0.05, 0) is 18.2 Å². The highest BCUT2D eigenvalue weighted by Gasteiger charge is 2.33. The second kappa shape index (κ2) is 4.58. The van der Waals surface area contributed by atoms with Crippen LogP contribution in [0, 0.1) is 0 Å². The van der Waals surface area contributed by atoms with Gasteiger partial charge in [-0.2, -0.15) is 0 Å². The van der Waals surface area contributed by atoms with E-state index in [2.05, 4.69) is 5.32 Å². The fraction of sp³-hybridized carbons (Fsp3) is 0.250. The minimum absolute atomic E-state index is 0.142. The highest BCUT2D eigenvalue weighted by atomic mass is 16.3. The van der Waals surface area contributed by atoms with E-state index < -0.39 is 5.91 Å². The Balaban J connectivity index is 2.32. The van der Waals surface area contributed by atoms with Crippen molar-refractivity contribution in [2.75, 3.05) is 20.2 Å². The van der Waals surface area contributed by atoms with Gasteiger partial charge in [-0.25, -0.2) is 0 Å². The molecular formula is C12H12N2O4. The van der Waals surface area contributed by atoms with Crippen molar-refractivity contribution in [3.05, 3.63) is 34.9 Å². The third-order valence-electron chi connectivity index (χ3n) is 2.75. The predicted molar refractivity (Wildman–Crippen MR) is 62.3 cm³/mol. The number of imide groups is 1. The molecule has 3 amide bonds. The molecule has 2 N–H and O–H groups in total. The van der Waals surface area contributed by atoms with Crippen LogP contribution in [0.1, 0.15) is 31.1 Å². The Labute approximate surface area is 103 Å². The molecule has 0 aliphatic carbocycles. The molecule has 0 saturated carbocycles. The summed E-state index contributed by atoms with van der Waals surface area (Å²) in [6.07, 6.45) is 0. The summed E-state index contributed by atoms with van der Waals surface area (Å²) in [4.78, 5) is 36.0. The van der Waals surface area contributed by atoms with Crippen LogP contribution in [0.5, 0.6) is 0 Å². The zero-order valence-corrected chi connectivity index (χ0v) is 9.77. The molecule has 1 aromatic rings. The molecule has 0 bridgehead atoms. The lowest BCUT2D eigenvalue weighted by Gasteiger charge is -2.04. The molecular weight excluding hydrogens is 236 g/mol. The smallest absolute Gasteiger partial charge is 0.261 e. The van der Waals surface area contributed by atoms with Crippen LogP contribution in [-0.4, -0.2) is 47.9 Å². The van der Waals surface area contributed by atoms with Gasteiger partial charge in [-0.1, -0.05) is 0 Å². The van der Waals surface area contributed by atoms with Gasteiger partial charge in [0.25, 0.3) is 17.7 Å². The molecule has 0 unspecified atom stereocenters. The normalized spacial score (nSPS) is 13.8. The lowest BCUT2D eigenvalue weighted by Crippen LogP contribution is -2.26. The molecule has 1 heterocycles. The third kappa shape index (κ3) is 1.86. The van der Waals surface area contributed by atoms with Crippen molar-refractivity contribution in [3.8, 4) is 0 Å². The van der Waals surface area contributed by atoms with E-state index in [0.717, 1.165) is 4.90 Å². The first kappa shape index (κ1) is 12.3. The molecule has 0 aromatic heterocycles. The van der Waals surface area contributed by atoms with Crippen LogP contribution >= 0.6 is 0 Å². The van der Waals surface area contributed by atoms with Crippen molar-refractivity contribution in [1.82, 2.24) is 10.2 Å². The van der Waals surface area contributed by atoms with E-state index in [1.807, 2.05) is 0 Å². The molecule has 0 spiro atoms. The van der Waals surface area contributed by atoms with Gasteiger partial charge in [0.1, 0.15) is 0 Å². The van der Waals surface area contributed by atoms with E-state index >= 15 is 0 Å². The lowest BCUT2D eigenvalue weighted by atomic mass is 10.1. The number of carbonyl (C=O) groups excluding carboxylic acids is 3. The monoisotopic (exact) mass is 248 g/mol. The van der Waals surface area contributed by atoms with Gasteiger partial charge in [-0.3, -0.25) is 19.3 Å². The summed E-state index contributed by atoms with van der Waals surface area (Å²) in [7, 11) is 1.40. The summed E-state index contributed by atoms with van der Waals surface area (Å²) < 4.78 is 0. The molecule has 0 atom stereocenters. The number of nitrogens with one attached hydrogen (secondary N) is 1. The second-order valence-electron chi connectivity index (χ2n) is 3.91. The molecule has 0 fully saturated rings. The van der Waals surface area contributed by atoms with E-state index in [0.29, 0.717) is 11.1 Å². The first-order chi connectivity index (χ1) is 8.56. The molecule has 1 aliphatic heterocycles. The van der Waals surface area contributed by atoms with Crippen molar-refractivity contribution in [3.63, 3.8) is 0 Å². The van der Waals surface area contributed by atoms with Crippen LogP contribution < -0.4 is 5.32 Å². The molecule has 0 radical (unpaired) electrons. The molecule has 1 aromatic carbocycles. The Kier molecular flexibility index (Phi) is 3.12. The fourth-order valence-corrected chi connectivity index (χ4v) is 1.77. The minimum Gasteiger partial charge on any atom is -0.395 e. The Morgan fingerprint density at radius 1 is 1.28 bits per heavy atom. The van der Waals surface area contributed by atoms with Crippen molar-refractivity contribution in [2.24, 2.45) is 0 Å². The van der Waals surface area contributed by atoms with Crippen LogP contribution in [0.15, 0.2) is 18.2 Å². The predicted octanol–water partition coefficient (Wildman–Crippen LogP) is -0.366. The van der Waals surface area contributed by atoms with Gasteiger partial charge in [0.05, 0.1) is 17.7 Å². The maximum atomic E-state index is 11.7. The van der Waals surface area contributed by atoms with Gasteiger partial charge in [0.15, 0.2) is 0 Å². The third-order valence-corrected chi connectivity index (χ3v) is 2.75. The quantitative estimate of drug-likeness (QED) is 0.715. The lowest BCUT2D eigenvalue weighted by molar-refractivity contribution is 0.0693. The SMILES string of the molecule is CN1C(=O)c2ccc(C(=O)NCCO)cc2C1=O. The number of fused-ring (bicyclic) bond motifs is 1. The van der Waals surface area contributed by atoms with Gasteiger partial charge < -0.3 is 10.4 Å². The summed E-state index contributed by atoms with van der Waals surface area (Å²) >= 11 is 0. The van der Waals surface area contributed by atoms with Crippen molar-refractivity contribution in [1.29, 1.82) is 0 Å². The fourth-order valence-electron chi connectivity index (χ4n) is 1.77. The topological polar surface area (TPSA) is 86.7 Å². The molecule has 0 saturated heterocycles. The molecule has 1 aliphatic rings. The highest BCUT2D eigenvalue weighted by Crippen LogP contribution is 2.22. The summed E-state index contributed by atoms with van der Waals surface area (Å²) in [6, 6.07) is 4.34. The van der Waals surface area contributed by atoms with Crippen LogP contribution in [0.2, 0.25) is 0 Å². The van der Waals surface area contributed by atoms with Gasteiger partial charge in [0.2, 0.25) is 0 Å². The van der Waals surface area contributed by atoms with Crippen molar-refractivity contribution < 1.29 is 19.5 Å². The summed E-state index contributed by atoms with van der Waals surface area (Å²) in [6.45, 7) is -0.0144. The van der Waals surface area contributed by atoms with E-state index in [4.69, 9.17) is 5.11 Å². The van der Waals surface area contributed by atoms with E-state index in [1.165, 1.54) is 25.2 Å². The zero-order valence-electron chi connectivity index (χ0n) is 9.77. The number of aliphatic hydroxyl groups excluding tert-OH is 1. The van der Waals surface area contributed by atoms with Crippen LogP contribution in [-0.2, 0) is 0 Å². The molecule has 94 valence electrons. The molecule has 2 rings (SSSR count). The second-order valence-corrected chi connectivity index (χ2v) is 3.91. The van der Waals surface area contributed by atoms with Crippen molar-refractivity contribution >= 4 is 17.7 Å². The number of nitrogens with zero attached hydrogens (tertiary/aromatic N) is 1. The summed E-state index contributed by atoms with van der Waals surface area (Å²) in [5.74, 6) is -1.16. The molecule has 6 nitrogen and oxygen atoms in total. The largest absolute Gasteiger partial charge is 0.395 e. The van der Waals surface area contributed by atoms with E-state index in [9.17, 15) is 14.4 Å². The maximum absolute atomic E-state index is 11.7. The first-order valence-electron chi connectivity index (χ1n) is 5.41. The molecule has 6 heteroatoms. The number of amides is 3. The average Bonchev–Trinajstić information content (AvgIpc) is 2.61. The highest BCUT2D eigenvalue weighted by molar-refractivity contribution is 6.21. The van der Waals surface area contributed by atoms with Crippen molar-refractivity contribution in [2.45, 2.75) is 0 Å². The van der Waals surface area contributed by atoms with Crippen LogP contribution in [0.4, 0.5) is 0 Å². The van der Waals surface area contributed by atoms with Crippen LogP contribution in [0.3, 0.4) is 0 Å². The molecule has 18 heavy (non-hydrogen) atoms. The minimum atomic E-state index is -0.410. The average molecular weight is 248 g/mol. The van der Waals surface area contributed by atoms with Gasteiger partial charge in [-0.15, -0.1) is 0 Å². The zero-order chi connectivity index (χ0) is 13.3. The van der Waals surface area contributed by atoms with Crippen LogP contribution in [0.25, 0.3) is 0 Å². The Morgan fingerprint density at radius 2 is 1.94 bits per heavy atom. The van der Waals surface area contributed by atoms with Gasteiger partial charge >= 0.3 is 0 Å². The Morgan fingerprint density at radius 3 is 2.61 bits per heavy atom. The standard InChI is InChI=1S/C12H12N2O4/c1-14-11(17)8-3-2-7(6-9(8)12(14)18)10(16)13-4-5-15/h2-3,6,15H,4-5H2,1H3,(H,13,16). The Bertz CT molecular complexity index is 539. The number of carbonyl (C=O) groups is 3. The summed E-state index contributed by atoms with van der Waals surface area (Å²) in [5.41, 5.74) is 0.832. The van der Waals surface area contributed by atoms with E-state index in [-0.39, 0.29) is 30.5 Å². The van der Waals surface area contributed by atoms with Gasteiger partial charge in [0, 0.05) is 19.2 Å². The van der Waals surface area contributed by atoms with E-state index in [1.54, 1.807) is 0 Å².